The Morgan fingerprint density at radius 1 is 1.04 bits per heavy atom. The molecule has 1 amide bonds. The summed E-state index contributed by atoms with van der Waals surface area (Å²) < 4.78 is 3.14. The van der Waals surface area contributed by atoms with Gasteiger partial charge >= 0.3 is 5.69 Å². The molecular weight excluding hydrogens is 342 g/mol. The van der Waals surface area contributed by atoms with Crippen molar-refractivity contribution in [1.82, 2.24) is 14.0 Å². The SMILES string of the molecule is Cn1c(=O)n(CC(=O)N2CCC(c3ccc(O)cc3)CC2)c2ccccc21. The van der Waals surface area contributed by atoms with Crippen LogP contribution in [0.2, 0.25) is 0 Å². The van der Waals surface area contributed by atoms with Crippen LogP contribution in [0, 0.1) is 0 Å². The van der Waals surface area contributed by atoms with E-state index in [2.05, 4.69) is 0 Å². The van der Waals surface area contributed by atoms with Crippen LogP contribution in [-0.2, 0) is 18.4 Å². The van der Waals surface area contributed by atoms with Crippen LogP contribution in [0.3, 0.4) is 0 Å². The summed E-state index contributed by atoms with van der Waals surface area (Å²) in [6.45, 7) is 1.44. The Morgan fingerprint density at radius 3 is 2.33 bits per heavy atom. The van der Waals surface area contributed by atoms with E-state index in [1.807, 2.05) is 41.3 Å². The fraction of sp³-hybridized carbons (Fsp3) is 0.333. The minimum atomic E-state index is -0.163. The van der Waals surface area contributed by atoms with Crippen molar-refractivity contribution in [3.05, 3.63) is 64.6 Å². The number of hydrogen-bond donors (Lipinski definition) is 1. The van der Waals surface area contributed by atoms with Crippen LogP contribution in [0.25, 0.3) is 11.0 Å². The minimum Gasteiger partial charge on any atom is -0.508 e. The van der Waals surface area contributed by atoms with Gasteiger partial charge in [0.2, 0.25) is 5.91 Å². The molecule has 140 valence electrons. The van der Waals surface area contributed by atoms with Gasteiger partial charge in [0.05, 0.1) is 11.0 Å². The number of piperidine rings is 1. The second-order valence-electron chi connectivity index (χ2n) is 7.16. The molecule has 1 aliphatic heterocycles. The van der Waals surface area contributed by atoms with Crippen molar-refractivity contribution in [1.29, 1.82) is 0 Å². The molecule has 1 aliphatic rings. The van der Waals surface area contributed by atoms with E-state index in [1.165, 1.54) is 5.56 Å². The number of likely N-dealkylation sites (tertiary alicyclic amines) is 1. The molecular formula is C21H23N3O3. The lowest BCUT2D eigenvalue weighted by Gasteiger charge is -2.32. The quantitative estimate of drug-likeness (QED) is 0.775. The number of hydrogen-bond acceptors (Lipinski definition) is 3. The van der Waals surface area contributed by atoms with Gasteiger partial charge in [0, 0.05) is 20.1 Å². The number of aromatic nitrogens is 2. The van der Waals surface area contributed by atoms with Gasteiger partial charge in [-0.1, -0.05) is 24.3 Å². The van der Waals surface area contributed by atoms with Gasteiger partial charge in [-0.05, 0) is 48.6 Å². The summed E-state index contributed by atoms with van der Waals surface area (Å²) >= 11 is 0. The normalized spacial score (nSPS) is 15.4. The molecule has 1 aromatic heterocycles. The highest BCUT2D eigenvalue weighted by atomic mass is 16.3. The molecule has 0 radical (unpaired) electrons. The zero-order valence-electron chi connectivity index (χ0n) is 15.3. The van der Waals surface area contributed by atoms with Crippen LogP contribution in [0.5, 0.6) is 5.75 Å². The van der Waals surface area contributed by atoms with Gasteiger partial charge in [-0.3, -0.25) is 13.9 Å². The molecule has 3 aromatic rings. The van der Waals surface area contributed by atoms with E-state index in [0.29, 0.717) is 19.0 Å². The summed E-state index contributed by atoms with van der Waals surface area (Å²) in [6, 6.07) is 14.9. The number of rotatable bonds is 3. The Hall–Kier alpha value is -3.02. The molecule has 0 unspecified atom stereocenters. The molecule has 0 spiro atoms. The Morgan fingerprint density at radius 2 is 1.67 bits per heavy atom. The van der Waals surface area contributed by atoms with E-state index in [0.717, 1.165) is 23.9 Å². The predicted octanol–water partition coefficient (Wildman–Crippen LogP) is 2.45. The number of carbonyl (C=O) groups excluding carboxylic acids is 1. The highest BCUT2D eigenvalue weighted by Gasteiger charge is 2.25. The lowest BCUT2D eigenvalue weighted by atomic mass is 9.89. The maximum atomic E-state index is 12.8. The summed E-state index contributed by atoms with van der Waals surface area (Å²) in [4.78, 5) is 27.1. The number of carbonyl (C=O) groups is 1. The molecule has 6 nitrogen and oxygen atoms in total. The number of aryl methyl sites for hydroxylation is 1. The molecule has 2 heterocycles. The summed E-state index contributed by atoms with van der Waals surface area (Å²) in [7, 11) is 1.73. The number of benzene rings is 2. The molecule has 1 fully saturated rings. The predicted molar refractivity (Wildman–Crippen MR) is 104 cm³/mol. The molecule has 1 N–H and O–H groups in total. The third kappa shape index (κ3) is 3.23. The van der Waals surface area contributed by atoms with E-state index in [4.69, 9.17) is 0 Å². The third-order valence-electron chi connectivity index (χ3n) is 5.56. The average molecular weight is 365 g/mol. The zero-order valence-corrected chi connectivity index (χ0v) is 15.3. The number of nitrogens with zero attached hydrogens (tertiary/aromatic N) is 3. The standard InChI is InChI=1S/C21H23N3O3/c1-22-18-4-2-3-5-19(18)24(21(22)27)14-20(26)23-12-10-16(11-13-23)15-6-8-17(25)9-7-15/h2-9,16,25H,10-14H2,1H3. The van der Waals surface area contributed by atoms with Crippen molar-refractivity contribution in [2.24, 2.45) is 7.05 Å². The van der Waals surface area contributed by atoms with Gasteiger partial charge < -0.3 is 10.0 Å². The van der Waals surface area contributed by atoms with Crippen molar-refractivity contribution >= 4 is 16.9 Å². The van der Waals surface area contributed by atoms with Gasteiger partial charge in [0.15, 0.2) is 0 Å². The van der Waals surface area contributed by atoms with Gasteiger partial charge in [-0.15, -0.1) is 0 Å². The Labute approximate surface area is 157 Å². The van der Waals surface area contributed by atoms with E-state index in [-0.39, 0.29) is 23.9 Å². The van der Waals surface area contributed by atoms with E-state index >= 15 is 0 Å². The van der Waals surface area contributed by atoms with Crippen LogP contribution in [0.4, 0.5) is 0 Å². The number of fused-ring (bicyclic) bond motifs is 1. The second kappa shape index (κ2) is 6.95. The molecule has 0 saturated carbocycles. The van der Waals surface area contributed by atoms with Crippen LogP contribution < -0.4 is 5.69 Å². The van der Waals surface area contributed by atoms with Gasteiger partial charge in [0.1, 0.15) is 12.3 Å². The molecule has 4 rings (SSSR count). The molecule has 1 saturated heterocycles. The number of imidazole rings is 1. The molecule has 27 heavy (non-hydrogen) atoms. The minimum absolute atomic E-state index is 0.0161. The number of para-hydroxylation sites is 2. The number of phenolic OH excluding ortho intramolecular Hbond substituents is 1. The van der Waals surface area contributed by atoms with Crippen LogP contribution >= 0.6 is 0 Å². The summed E-state index contributed by atoms with van der Waals surface area (Å²) in [5, 5.41) is 9.43. The molecule has 0 bridgehead atoms. The van der Waals surface area contributed by atoms with Gasteiger partial charge in [-0.2, -0.15) is 0 Å². The van der Waals surface area contributed by atoms with Crippen molar-refractivity contribution in [3.63, 3.8) is 0 Å². The zero-order chi connectivity index (χ0) is 19.0. The highest BCUT2D eigenvalue weighted by Crippen LogP contribution is 2.29. The molecule has 0 atom stereocenters. The van der Waals surface area contributed by atoms with Crippen LogP contribution in [-0.4, -0.2) is 38.1 Å². The number of phenols is 1. The van der Waals surface area contributed by atoms with E-state index in [9.17, 15) is 14.7 Å². The lowest BCUT2D eigenvalue weighted by molar-refractivity contribution is -0.132. The van der Waals surface area contributed by atoms with Crippen molar-refractivity contribution in [2.75, 3.05) is 13.1 Å². The first-order valence-electron chi connectivity index (χ1n) is 9.25. The Kier molecular flexibility index (Phi) is 4.48. The Balaban J connectivity index is 1.45. The fourth-order valence-corrected chi connectivity index (χ4v) is 3.96. The Bertz CT molecular complexity index is 1030. The third-order valence-corrected chi connectivity index (χ3v) is 5.56. The monoisotopic (exact) mass is 365 g/mol. The molecule has 6 heteroatoms. The largest absolute Gasteiger partial charge is 0.508 e. The fourth-order valence-electron chi connectivity index (χ4n) is 3.96. The van der Waals surface area contributed by atoms with Crippen LogP contribution in [0.15, 0.2) is 53.3 Å². The number of aromatic hydroxyl groups is 1. The van der Waals surface area contributed by atoms with E-state index < -0.39 is 0 Å². The van der Waals surface area contributed by atoms with Crippen molar-refractivity contribution < 1.29 is 9.90 Å². The first-order chi connectivity index (χ1) is 13.0. The topological polar surface area (TPSA) is 67.5 Å². The summed E-state index contributed by atoms with van der Waals surface area (Å²) in [6.07, 6.45) is 1.78. The molecule has 2 aromatic carbocycles. The van der Waals surface area contributed by atoms with Crippen molar-refractivity contribution in [3.8, 4) is 5.75 Å². The lowest BCUT2D eigenvalue weighted by Crippen LogP contribution is -2.41. The van der Waals surface area contributed by atoms with E-state index in [1.54, 1.807) is 28.3 Å². The first kappa shape index (κ1) is 17.4. The summed E-state index contributed by atoms with van der Waals surface area (Å²) in [5.74, 6) is 0.652. The maximum absolute atomic E-state index is 12.8. The average Bonchev–Trinajstić information content (AvgIpc) is 2.94. The number of amides is 1. The van der Waals surface area contributed by atoms with Gasteiger partial charge in [-0.25, -0.2) is 4.79 Å². The summed E-state index contributed by atoms with van der Waals surface area (Å²) in [5.41, 5.74) is 2.66. The maximum Gasteiger partial charge on any atom is 0.329 e. The first-order valence-corrected chi connectivity index (χ1v) is 9.25. The smallest absolute Gasteiger partial charge is 0.329 e. The van der Waals surface area contributed by atoms with Crippen LogP contribution in [0.1, 0.15) is 24.3 Å². The van der Waals surface area contributed by atoms with Crippen molar-refractivity contribution in [2.45, 2.75) is 25.3 Å². The highest BCUT2D eigenvalue weighted by molar-refractivity contribution is 5.81. The van der Waals surface area contributed by atoms with Gasteiger partial charge in [0.25, 0.3) is 0 Å². The molecule has 0 aliphatic carbocycles. The second-order valence-corrected chi connectivity index (χ2v) is 7.16.